The van der Waals surface area contributed by atoms with E-state index in [1.165, 1.54) is 51.5 Å². The predicted octanol–water partition coefficient (Wildman–Crippen LogP) is 13.2. The molecule has 0 aliphatic rings. The fraction of sp³-hybridized carbons (Fsp3) is 0. The van der Waals surface area contributed by atoms with Crippen LogP contribution in [0.25, 0.3) is 108 Å². The molecule has 0 radical (unpaired) electrons. The van der Waals surface area contributed by atoms with E-state index in [-0.39, 0.29) is 0 Å². The third kappa shape index (κ3) is 4.54. The lowest BCUT2D eigenvalue weighted by atomic mass is 10.0. The Labute approximate surface area is 299 Å². The summed E-state index contributed by atoms with van der Waals surface area (Å²) in [6.45, 7) is 0. The second kappa shape index (κ2) is 11.2. The van der Waals surface area contributed by atoms with Crippen molar-refractivity contribution in [1.82, 2.24) is 15.0 Å². The van der Waals surface area contributed by atoms with E-state index < -0.39 is 0 Å². The molecular weight excluding hydrogens is 663 g/mol. The summed E-state index contributed by atoms with van der Waals surface area (Å²) in [5, 5.41) is 7.24. The number of fused-ring (bicyclic) bond motifs is 9. The van der Waals surface area contributed by atoms with Gasteiger partial charge in [-0.1, -0.05) is 115 Å². The molecule has 0 spiro atoms. The van der Waals surface area contributed by atoms with E-state index in [1.807, 2.05) is 72.0 Å². The van der Waals surface area contributed by atoms with Gasteiger partial charge >= 0.3 is 0 Å². The van der Waals surface area contributed by atoms with E-state index in [2.05, 4.69) is 91.0 Å². The largest absolute Gasteiger partial charge is 0.455 e. The number of benzene rings is 7. The minimum Gasteiger partial charge on any atom is -0.455 e. The van der Waals surface area contributed by atoms with Crippen molar-refractivity contribution in [3.05, 3.63) is 152 Å². The fourth-order valence-corrected chi connectivity index (χ4v) is 9.69. The molecule has 0 fully saturated rings. The number of hydrogen-bond acceptors (Lipinski definition) is 6. The van der Waals surface area contributed by atoms with Crippen molar-refractivity contribution in [2.75, 3.05) is 0 Å². The molecule has 0 saturated heterocycles. The van der Waals surface area contributed by atoms with Gasteiger partial charge in [0.25, 0.3) is 0 Å². The van der Waals surface area contributed by atoms with Gasteiger partial charge in [0.15, 0.2) is 17.5 Å². The Balaban J connectivity index is 1.06. The average molecular weight is 688 g/mol. The Hall–Kier alpha value is -6.21. The van der Waals surface area contributed by atoms with Crippen LogP contribution in [0.1, 0.15) is 0 Å². The van der Waals surface area contributed by atoms with Gasteiger partial charge in [-0.3, -0.25) is 0 Å². The van der Waals surface area contributed by atoms with Crippen molar-refractivity contribution in [1.29, 1.82) is 0 Å². The maximum atomic E-state index is 6.40. The highest BCUT2D eigenvalue weighted by Gasteiger charge is 2.19. The fourth-order valence-electron chi connectivity index (χ4n) is 7.32. The topological polar surface area (TPSA) is 51.8 Å². The van der Waals surface area contributed by atoms with Crippen LogP contribution in [0.3, 0.4) is 0 Å². The van der Waals surface area contributed by atoms with Gasteiger partial charge in [0.1, 0.15) is 11.2 Å². The average Bonchev–Trinajstić information content (AvgIpc) is 3.88. The van der Waals surface area contributed by atoms with Crippen LogP contribution in [-0.2, 0) is 0 Å². The number of rotatable bonds is 4. The Morgan fingerprint density at radius 1 is 0.373 bits per heavy atom. The van der Waals surface area contributed by atoms with E-state index in [1.54, 1.807) is 11.3 Å². The highest BCUT2D eigenvalue weighted by atomic mass is 32.1. The summed E-state index contributed by atoms with van der Waals surface area (Å²) in [5.41, 5.74) is 6.85. The summed E-state index contributed by atoms with van der Waals surface area (Å²) in [5.74, 6) is 1.84. The number of nitrogens with zero attached hydrogens (tertiary/aromatic N) is 3. The lowest BCUT2D eigenvalue weighted by Crippen LogP contribution is -2.00. The molecule has 51 heavy (non-hydrogen) atoms. The molecule has 6 heteroatoms. The number of thiophene rings is 2. The molecule has 0 saturated carbocycles. The van der Waals surface area contributed by atoms with Crippen molar-refractivity contribution in [2.45, 2.75) is 0 Å². The molecule has 0 aliphatic heterocycles. The number of hydrogen-bond donors (Lipinski definition) is 0. The van der Waals surface area contributed by atoms with Crippen molar-refractivity contribution in [3.63, 3.8) is 0 Å². The maximum absolute atomic E-state index is 6.40. The van der Waals surface area contributed by atoms with Crippen LogP contribution in [0.5, 0.6) is 0 Å². The van der Waals surface area contributed by atoms with Crippen LogP contribution in [-0.4, -0.2) is 15.0 Å². The third-order valence-electron chi connectivity index (χ3n) is 9.76. The second-order valence-corrected chi connectivity index (χ2v) is 14.9. The first-order valence-electron chi connectivity index (χ1n) is 16.8. The Morgan fingerprint density at radius 2 is 1.04 bits per heavy atom. The molecule has 4 nitrogen and oxygen atoms in total. The zero-order chi connectivity index (χ0) is 33.5. The first kappa shape index (κ1) is 28.6. The Morgan fingerprint density at radius 3 is 1.94 bits per heavy atom. The summed E-state index contributed by atoms with van der Waals surface area (Å²) in [6, 6.07) is 53.2. The first-order chi connectivity index (χ1) is 25.2. The lowest BCUT2D eigenvalue weighted by molar-refractivity contribution is 0.669. The SMILES string of the molecule is c1ccc(-c2nc(-c3ccc4c(c3)sc3ccc(-c5cccc6c5sc5ccccc56)cc34)nc(-c3cccc4c3oc3ccccc34)n2)cc1. The molecule has 7 aromatic carbocycles. The van der Waals surface area contributed by atoms with Gasteiger partial charge < -0.3 is 4.42 Å². The summed E-state index contributed by atoms with van der Waals surface area (Å²) in [7, 11) is 0. The molecule has 0 aliphatic carbocycles. The van der Waals surface area contributed by atoms with Crippen molar-refractivity contribution in [3.8, 4) is 45.3 Å². The third-order valence-corrected chi connectivity index (χ3v) is 12.1. The zero-order valence-electron chi connectivity index (χ0n) is 27.0. The Bertz CT molecular complexity index is 3160. The molecule has 0 amide bonds. The normalized spacial score (nSPS) is 11.9. The highest BCUT2D eigenvalue weighted by Crippen LogP contribution is 2.43. The minimum atomic E-state index is 0.583. The van der Waals surface area contributed by atoms with Crippen molar-refractivity contribution < 1.29 is 4.42 Å². The van der Waals surface area contributed by atoms with E-state index in [4.69, 9.17) is 19.4 Å². The Kier molecular flexibility index (Phi) is 6.26. The maximum Gasteiger partial charge on any atom is 0.167 e. The van der Waals surface area contributed by atoms with Gasteiger partial charge in [0, 0.05) is 62.2 Å². The molecule has 4 heterocycles. The molecule has 0 atom stereocenters. The summed E-state index contributed by atoms with van der Waals surface area (Å²) < 4.78 is 11.5. The quantitative estimate of drug-likeness (QED) is 0.185. The summed E-state index contributed by atoms with van der Waals surface area (Å²) in [6.07, 6.45) is 0. The molecule has 11 rings (SSSR count). The van der Waals surface area contributed by atoms with E-state index in [0.29, 0.717) is 17.5 Å². The van der Waals surface area contributed by atoms with Gasteiger partial charge in [0.2, 0.25) is 0 Å². The molecular formula is C45H25N3OS2. The monoisotopic (exact) mass is 687 g/mol. The van der Waals surface area contributed by atoms with Gasteiger partial charge in [-0.25, -0.2) is 15.0 Å². The van der Waals surface area contributed by atoms with E-state index >= 15 is 0 Å². The van der Waals surface area contributed by atoms with Crippen LogP contribution in [0, 0.1) is 0 Å². The predicted molar refractivity (Wildman–Crippen MR) is 215 cm³/mol. The van der Waals surface area contributed by atoms with Crippen LogP contribution >= 0.6 is 22.7 Å². The molecule has 0 unspecified atom stereocenters. The molecule has 238 valence electrons. The second-order valence-electron chi connectivity index (χ2n) is 12.8. The van der Waals surface area contributed by atoms with Crippen LogP contribution in [0.4, 0.5) is 0 Å². The lowest BCUT2D eigenvalue weighted by Gasteiger charge is -2.09. The molecule has 11 aromatic rings. The van der Waals surface area contributed by atoms with Gasteiger partial charge in [-0.15, -0.1) is 22.7 Å². The molecule has 4 aromatic heterocycles. The number of para-hydroxylation sites is 2. The number of aromatic nitrogens is 3. The highest BCUT2D eigenvalue weighted by molar-refractivity contribution is 7.26. The summed E-state index contributed by atoms with van der Waals surface area (Å²) >= 11 is 3.68. The van der Waals surface area contributed by atoms with Crippen LogP contribution in [0.2, 0.25) is 0 Å². The van der Waals surface area contributed by atoms with Crippen molar-refractivity contribution in [2.24, 2.45) is 0 Å². The van der Waals surface area contributed by atoms with Gasteiger partial charge in [0.05, 0.1) is 5.56 Å². The van der Waals surface area contributed by atoms with Crippen LogP contribution < -0.4 is 0 Å². The first-order valence-corrected chi connectivity index (χ1v) is 18.5. The van der Waals surface area contributed by atoms with Gasteiger partial charge in [-0.2, -0.15) is 0 Å². The molecule has 0 N–H and O–H groups in total. The standard InChI is InChI=1S/C45H25N3OS2/c1-2-10-26(11-3-1)43-46-44(48-45(47-43)35-17-9-15-33-30-12-4-6-18-37(30)49-41(33)35)28-20-22-32-36-24-27(21-23-39(36)50-40(32)25-28)29-14-8-16-34-31-13-5-7-19-38(31)51-42(29)34/h1-25H. The molecule has 0 bridgehead atoms. The van der Waals surface area contributed by atoms with Crippen LogP contribution in [0.15, 0.2) is 156 Å². The smallest absolute Gasteiger partial charge is 0.167 e. The zero-order valence-corrected chi connectivity index (χ0v) is 28.6. The van der Waals surface area contributed by atoms with E-state index in [9.17, 15) is 0 Å². The minimum absolute atomic E-state index is 0.583. The van der Waals surface area contributed by atoms with Crippen molar-refractivity contribution >= 4 is 85.0 Å². The summed E-state index contributed by atoms with van der Waals surface area (Å²) in [4.78, 5) is 15.2. The number of furan rings is 1. The van der Waals surface area contributed by atoms with Gasteiger partial charge in [-0.05, 0) is 47.5 Å². The van der Waals surface area contributed by atoms with E-state index in [0.717, 1.165) is 38.6 Å².